The molecule has 0 spiro atoms. The van der Waals surface area contributed by atoms with Crippen LogP contribution in [0.25, 0.3) is 0 Å². The van der Waals surface area contributed by atoms with Gasteiger partial charge in [0.15, 0.2) is 0 Å². The third-order valence-electron chi connectivity index (χ3n) is 4.25. The zero-order valence-electron chi connectivity index (χ0n) is 15.2. The molecule has 0 radical (unpaired) electrons. The van der Waals surface area contributed by atoms with Gasteiger partial charge in [-0.05, 0) is 37.1 Å². The fourth-order valence-corrected chi connectivity index (χ4v) is 3.82. The molecule has 0 atom stereocenters. The van der Waals surface area contributed by atoms with Crippen LogP contribution in [0.4, 0.5) is 5.69 Å². The molecule has 1 aliphatic rings. The Balaban J connectivity index is 2.16. The number of hydrogen-bond acceptors (Lipinski definition) is 4. The average Bonchev–Trinajstić information content (AvgIpc) is 2.50. The maximum Gasteiger partial charge on any atom is 0.243 e. The molecule has 2 rings (SSSR count). The van der Waals surface area contributed by atoms with E-state index in [9.17, 15) is 18.0 Å². The number of benzene rings is 1. The number of amides is 2. The van der Waals surface area contributed by atoms with Gasteiger partial charge in [-0.15, -0.1) is 0 Å². The third-order valence-corrected chi connectivity index (χ3v) is 5.39. The lowest BCUT2D eigenvalue weighted by Gasteiger charge is -2.35. The third kappa shape index (κ3) is 4.94. The normalized spacial score (nSPS) is 15.2. The van der Waals surface area contributed by atoms with Gasteiger partial charge in [0.1, 0.15) is 6.54 Å². The first-order valence-corrected chi connectivity index (χ1v) is 10.0. The molecule has 25 heavy (non-hydrogen) atoms. The molecule has 138 valence electrons. The Bertz CT molecular complexity index is 748. The molecular formula is C17H25N3O4S. The van der Waals surface area contributed by atoms with Gasteiger partial charge < -0.3 is 9.80 Å². The van der Waals surface area contributed by atoms with Gasteiger partial charge in [-0.2, -0.15) is 0 Å². The van der Waals surface area contributed by atoms with Crippen molar-refractivity contribution in [2.45, 2.75) is 20.8 Å². The van der Waals surface area contributed by atoms with E-state index >= 15 is 0 Å². The van der Waals surface area contributed by atoms with Crippen LogP contribution in [-0.2, 0) is 19.6 Å². The Morgan fingerprint density at radius 3 is 1.92 bits per heavy atom. The summed E-state index contributed by atoms with van der Waals surface area (Å²) >= 11 is 0. The molecule has 7 nitrogen and oxygen atoms in total. The molecular weight excluding hydrogens is 342 g/mol. The van der Waals surface area contributed by atoms with E-state index in [2.05, 4.69) is 0 Å². The van der Waals surface area contributed by atoms with E-state index in [-0.39, 0.29) is 18.4 Å². The van der Waals surface area contributed by atoms with E-state index < -0.39 is 10.0 Å². The summed E-state index contributed by atoms with van der Waals surface area (Å²) in [6.45, 7) is 6.84. The zero-order valence-corrected chi connectivity index (χ0v) is 16.0. The summed E-state index contributed by atoms with van der Waals surface area (Å²) in [5.74, 6) is -0.270. The van der Waals surface area contributed by atoms with E-state index in [1.54, 1.807) is 21.9 Å². The number of nitrogens with zero attached hydrogens (tertiary/aromatic N) is 3. The molecule has 2 amide bonds. The summed E-state index contributed by atoms with van der Waals surface area (Å²) in [7, 11) is -3.59. The van der Waals surface area contributed by atoms with Gasteiger partial charge in [0, 0.05) is 33.1 Å². The molecule has 1 heterocycles. The summed E-state index contributed by atoms with van der Waals surface area (Å²) in [6.07, 6.45) is 1.10. The molecule has 1 fully saturated rings. The number of sulfonamides is 1. The second-order valence-corrected chi connectivity index (χ2v) is 8.41. The predicted molar refractivity (Wildman–Crippen MR) is 96.9 cm³/mol. The van der Waals surface area contributed by atoms with Crippen molar-refractivity contribution < 1.29 is 18.0 Å². The maximum absolute atomic E-state index is 12.6. The van der Waals surface area contributed by atoms with Crippen LogP contribution in [0.2, 0.25) is 0 Å². The maximum atomic E-state index is 12.6. The van der Waals surface area contributed by atoms with E-state index in [1.807, 2.05) is 19.9 Å². The van der Waals surface area contributed by atoms with Gasteiger partial charge in [-0.3, -0.25) is 13.9 Å². The molecule has 8 heteroatoms. The molecule has 1 aromatic rings. The van der Waals surface area contributed by atoms with Crippen LogP contribution in [0.1, 0.15) is 18.1 Å². The minimum atomic E-state index is -3.59. The van der Waals surface area contributed by atoms with Crippen LogP contribution in [0.5, 0.6) is 0 Å². The summed E-state index contributed by atoms with van der Waals surface area (Å²) in [4.78, 5) is 27.3. The van der Waals surface area contributed by atoms with E-state index in [0.29, 0.717) is 31.9 Å². The topological polar surface area (TPSA) is 78.0 Å². The number of aryl methyl sites for hydroxylation is 2. The van der Waals surface area contributed by atoms with Crippen molar-refractivity contribution in [1.82, 2.24) is 9.80 Å². The van der Waals surface area contributed by atoms with Gasteiger partial charge in [0.05, 0.1) is 11.9 Å². The minimum Gasteiger partial charge on any atom is -0.339 e. The molecule has 0 bridgehead atoms. The van der Waals surface area contributed by atoms with Crippen molar-refractivity contribution in [1.29, 1.82) is 0 Å². The number of carbonyl (C=O) groups excluding carboxylic acids is 2. The molecule has 0 N–H and O–H groups in total. The first-order valence-electron chi connectivity index (χ1n) is 8.17. The number of piperazine rings is 1. The number of carbonyl (C=O) groups is 2. The Labute approximate surface area is 149 Å². The first kappa shape index (κ1) is 19.2. The molecule has 1 aromatic carbocycles. The van der Waals surface area contributed by atoms with Crippen LogP contribution >= 0.6 is 0 Å². The SMILES string of the molecule is CC(=O)N1CCN(C(=O)CN(c2cc(C)cc(C)c2)S(C)(=O)=O)CC1. The van der Waals surface area contributed by atoms with Gasteiger partial charge in [0.2, 0.25) is 21.8 Å². The summed E-state index contributed by atoms with van der Waals surface area (Å²) in [6, 6.07) is 5.47. The summed E-state index contributed by atoms with van der Waals surface area (Å²) in [5.41, 5.74) is 2.37. The Kier molecular flexibility index (Phi) is 5.72. The summed E-state index contributed by atoms with van der Waals surface area (Å²) in [5, 5.41) is 0. The van der Waals surface area contributed by atoms with E-state index in [1.165, 1.54) is 6.92 Å². The minimum absolute atomic E-state index is 0.0138. The lowest BCUT2D eigenvalue weighted by atomic mass is 10.1. The van der Waals surface area contributed by atoms with Crippen LogP contribution in [0.3, 0.4) is 0 Å². The fourth-order valence-electron chi connectivity index (χ4n) is 2.99. The van der Waals surface area contributed by atoms with Crippen LogP contribution < -0.4 is 4.31 Å². The van der Waals surface area contributed by atoms with Gasteiger partial charge in [-0.1, -0.05) is 6.07 Å². The highest BCUT2D eigenvalue weighted by molar-refractivity contribution is 7.92. The Morgan fingerprint density at radius 2 is 1.48 bits per heavy atom. The Morgan fingerprint density at radius 1 is 1.00 bits per heavy atom. The number of hydrogen-bond donors (Lipinski definition) is 0. The number of anilines is 1. The zero-order chi connectivity index (χ0) is 18.8. The Hall–Kier alpha value is -2.09. The fraction of sp³-hybridized carbons (Fsp3) is 0.529. The molecule has 0 unspecified atom stereocenters. The lowest BCUT2D eigenvalue weighted by Crippen LogP contribution is -2.52. The van der Waals surface area contributed by atoms with Crippen molar-refractivity contribution in [3.63, 3.8) is 0 Å². The number of rotatable bonds is 4. The highest BCUT2D eigenvalue weighted by Crippen LogP contribution is 2.21. The predicted octanol–water partition coefficient (Wildman–Crippen LogP) is 0.760. The summed E-state index contributed by atoms with van der Waals surface area (Å²) < 4.78 is 25.6. The van der Waals surface area contributed by atoms with Crippen LogP contribution in [0, 0.1) is 13.8 Å². The van der Waals surface area contributed by atoms with Gasteiger partial charge >= 0.3 is 0 Å². The largest absolute Gasteiger partial charge is 0.339 e. The first-order chi connectivity index (χ1) is 11.6. The van der Waals surface area contributed by atoms with Gasteiger partial charge in [0.25, 0.3) is 0 Å². The van der Waals surface area contributed by atoms with Crippen molar-refractivity contribution in [3.8, 4) is 0 Å². The second-order valence-electron chi connectivity index (χ2n) is 6.50. The van der Waals surface area contributed by atoms with Crippen molar-refractivity contribution in [3.05, 3.63) is 29.3 Å². The quantitative estimate of drug-likeness (QED) is 0.787. The van der Waals surface area contributed by atoms with Gasteiger partial charge in [-0.25, -0.2) is 8.42 Å². The standard InChI is InChI=1S/C17H25N3O4S/c1-13-9-14(2)11-16(10-13)20(25(4,23)24)12-17(22)19-7-5-18(6-8-19)15(3)21/h9-11H,5-8,12H2,1-4H3. The molecule has 0 saturated carbocycles. The molecule has 0 aromatic heterocycles. The second kappa shape index (κ2) is 7.43. The smallest absolute Gasteiger partial charge is 0.243 e. The molecule has 1 saturated heterocycles. The van der Waals surface area contributed by atoms with Crippen LogP contribution in [0.15, 0.2) is 18.2 Å². The lowest BCUT2D eigenvalue weighted by molar-refractivity contribution is -0.137. The van der Waals surface area contributed by atoms with Crippen molar-refractivity contribution >= 4 is 27.5 Å². The van der Waals surface area contributed by atoms with E-state index in [0.717, 1.165) is 21.7 Å². The monoisotopic (exact) mass is 367 g/mol. The van der Waals surface area contributed by atoms with Crippen molar-refractivity contribution in [2.75, 3.05) is 43.3 Å². The highest BCUT2D eigenvalue weighted by Gasteiger charge is 2.27. The highest BCUT2D eigenvalue weighted by atomic mass is 32.2. The average molecular weight is 367 g/mol. The molecule has 0 aliphatic carbocycles. The van der Waals surface area contributed by atoms with E-state index in [4.69, 9.17) is 0 Å². The van der Waals surface area contributed by atoms with Crippen LogP contribution in [-0.4, -0.2) is 69.0 Å². The van der Waals surface area contributed by atoms with Crippen molar-refractivity contribution in [2.24, 2.45) is 0 Å². The molecule has 1 aliphatic heterocycles.